The summed E-state index contributed by atoms with van der Waals surface area (Å²) in [5.74, 6) is -0.178. The van der Waals surface area contributed by atoms with Gasteiger partial charge in [-0.3, -0.25) is 19.1 Å². The van der Waals surface area contributed by atoms with Crippen molar-refractivity contribution < 1.29 is 33.5 Å². The van der Waals surface area contributed by atoms with Gasteiger partial charge in [0.15, 0.2) is 6.23 Å². The summed E-state index contributed by atoms with van der Waals surface area (Å²) in [6.07, 6.45) is -3.03. The summed E-state index contributed by atoms with van der Waals surface area (Å²) < 4.78 is 24.5. The van der Waals surface area contributed by atoms with Gasteiger partial charge in [-0.15, -0.1) is 0 Å². The summed E-state index contributed by atoms with van der Waals surface area (Å²) in [5.41, 5.74) is -2.55. The molecule has 42 heavy (non-hydrogen) atoms. The van der Waals surface area contributed by atoms with Gasteiger partial charge in [-0.05, 0) is 56.7 Å². The first-order chi connectivity index (χ1) is 19.9. The number of hydrogen-bond donors (Lipinski definition) is 4. The summed E-state index contributed by atoms with van der Waals surface area (Å²) in [6.45, 7) is 0.828. The SMILES string of the molecule is CC(C)OC(=O)C(Cc1ccccc1)NP(=S)(OCC1OC(n2ccc(=O)[nH]c2=O)C(C)(O)C1O)Oc1ccccc1. The second-order valence-electron chi connectivity index (χ2n) is 10.3. The molecule has 12 nitrogen and oxygen atoms in total. The molecule has 1 aromatic heterocycles. The van der Waals surface area contributed by atoms with Gasteiger partial charge in [0, 0.05) is 12.3 Å². The number of nitrogens with one attached hydrogen (secondary N) is 2. The molecule has 1 aliphatic heterocycles. The first-order valence-corrected chi connectivity index (χ1v) is 15.9. The quantitative estimate of drug-likeness (QED) is 0.173. The average molecular weight is 620 g/mol. The molecule has 6 unspecified atom stereocenters. The van der Waals surface area contributed by atoms with Crippen LogP contribution in [0.4, 0.5) is 0 Å². The molecule has 3 aromatic rings. The van der Waals surface area contributed by atoms with Crippen LogP contribution in [0.5, 0.6) is 5.75 Å². The normalized spacial score (nSPS) is 24.2. The van der Waals surface area contributed by atoms with Crippen molar-refractivity contribution in [2.75, 3.05) is 6.61 Å². The van der Waals surface area contributed by atoms with Gasteiger partial charge in [-0.2, -0.15) is 0 Å². The zero-order valence-corrected chi connectivity index (χ0v) is 25.0. The maximum atomic E-state index is 13.2. The fourth-order valence-corrected chi connectivity index (χ4v) is 6.73. The molecule has 2 heterocycles. The molecular formula is C28H34N3O9PS. The van der Waals surface area contributed by atoms with Crippen molar-refractivity contribution in [3.05, 3.63) is 99.3 Å². The Labute approximate surface area is 247 Å². The highest BCUT2D eigenvalue weighted by atomic mass is 32.5. The van der Waals surface area contributed by atoms with E-state index in [9.17, 15) is 24.6 Å². The van der Waals surface area contributed by atoms with Gasteiger partial charge >= 0.3 is 18.3 Å². The third-order valence-electron chi connectivity index (χ3n) is 6.47. The van der Waals surface area contributed by atoms with Crippen LogP contribution in [0.1, 0.15) is 32.6 Å². The number of para-hydroxylation sites is 1. The molecule has 4 N–H and O–H groups in total. The lowest BCUT2D eigenvalue weighted by Gasteiger charge is -2.29. The van der Waals surface area contributed by atoms with Gasteiger partial charge in [0.05, 0.1) is 12.7 Å². The molecule has 0 bridgehead atoms. The number of aromatic nitrogens is 2. The minimum absolute atomic E-state index is 0.223. The highest BCUT2D eigenvalue weighted by Crippen LogP contribution is 2.47. The lowest BCUT2D eigenvalue weighted by Crippen LogP contribution is -2.47. The minimum atomic E-state index is -3.57. The fraction of sp³-hybridized carbons (Fsp3) is 0.393. The van der Waals surface area contributed by atoms with E-state index in [-0.39, 0.29) is 19.1 Å². The Morgan fingerprint density at radius 1 is 1.14 bits per heavy atom. The zero-order chi connectivity index (χ0) is 30.5. The number of hydrogen-bond acceptors (Lipinski definition) is 10. The number of esters is 1. The van der Waals surface area contributed by atoms with E-state index in [2.05, 4.69) is 10.1 Å². The van der Waals surface area contributed by atoms with Crippen LogP contribution in [-0.2, 0) is 37.0 Å². The summed E-state index contributed by atoms with van der Waals surface area (Å²) >= 11 is 5.85. The number of aliphatic hydroxyl groups is 2. The summed E-state index contributed by atoms with van der Waals surface area (Å²) in [5, 5.41) is 25.1. The fourth-order valence-electron chi connectivity index (χ4n) is 4.41. The van der Waals surface area contributed by atoms with Crippen molar-refractivity contribution in [3.63, 3.8) is 0 Å². The van der Waals surface area contributed by atoms with E-state index >= 15 is 0 Å². The topological polar surface area (TPSA) is 161 Å². The standard InChI is InChI=1S/C28H34N3O9PS/c1-18(2)38-25(34)21(16-19-10-6-4-7-11-19)30-41(42,40-20-12-8-5-9-13-20)37-17-22-24(33)28(3,36)26(39-22)31-15-14-23(32)29-27(31)35/h4-15,18,21-22,24,26,33,36H,16-17H2,1-3H3,(H,30,42)(H,29,32,35). The number of carbonyl (C=O) groups is 1. The van der Waals surface area contributed by atoms with Crippen LogP contribution in [0.25, 0.3) is 0 Å². The Bertz CT molecular complexity index is 1510. The molecule has 0 saturated carbocycles. The monoisotopic (exact) mass is 619 g/mol. The zero-order valence-electron chi connectivity index (χ0n) is 23.3. The van der Waals surface area contributed by atoms with Gasteiger partial charge in [0.25, 0.3) is 5.56 Å². The number of H-pyrrole nitrogens is 1. The lowest BCUT2D eigenvalue weighted by atomic mass is 9.96. The van der Waals surface area contributed by atoms with Crippen LogP contribution in [0.3, 0.4) is 0 Å². The van der Waals surface area contributed by atoms with Gasteiger partial charge < -0.3 is 28.7 Å². The van der Waals surface area contributed by atoms with E-state index in [1.165, 1.54) is 6.92 Å². The number of aliphatic hydroxyl groups excluding tert-OH is 1. The number of benzene rings is 2. The molecule has 226 valence electrons. The van der Waals surface area contributed by atoms with Crippen LogP contribution >= 0.6 is 6.64 Å². The Hall–Kier alpha value is -3.16. The number of aromatic amines is 1. The van der Waals surface area contributed by atoms with Gasteiger partial charge in [0.2, 0.25) is 0 Å². The Kier molecular flexibility index (Phi) is 10.2. The predicted octanol–water partition coefficient (Wildman–Crippen LogP) is 2.02. The molecule has 0 spiro atoms. The molecule has 2 aromatic carbocycles. The van der Waals surface area contributed by atoms with Crippen molar-refractivity contribution in [2.24, 2.45) is 0 Å². The Morgan fingerprint density at radius 3 is 2.40 bits per heavy atom. The predicted molar refractivity (Wildman–Crippen MR) is 157 cm³/mol. The van der Waals surface area contributed by atoms with E-state index in [0.29, 0.717) is 5.75 Å². The van der Waals surface area contributed by atoms with Gasteiger partial charge in [0.1, 0.15) is 29.6 Å². The van der Waals surface area contributed by atoms with Crippen molar-refractivity contribution in [3.8, 4) is 5.75 Å². The second kappa shape index (κ2) is 13.4. The summed E-state index contributed by atoms with van der Waals surface area (Å²) in [4.78, 5) is 39.2. The Morgan fingerprint density at radius 2 is 1.79 bits per heavy atom. The third-order valence-corrected chi connectivity index (χ3v) is 8.89. The maximum absolute atomic E-state index is 13.2. The molecule has 1 saturated heterocycles. The highest BCUT2D eigenvalue weighted by Gasteiger charge is 2.54. The first-order valence-electron chi connectivity index (χ1n) is 13.3. The summed E-state index contributed by atoms with van der Waals surface area (Å²) in [6, 6.07) is 18.1. The molecule has 1 fully saturated rings. The molecule has 1 aliphatic rings. The molecule has 14 heteroatoms. The summed E-state index contributed by atoms with van der Waals surface area (Å²) in [7, 11) is 0. The number of ether oxygens (including phenoxy) is 2. The van der Waals surface area contributed by atoms with E-state index in [4.69, 9.17) is 30.3 Å². The molecule has 4 rings (SSSR count). The molecule has 6 atom stereocenters. The van der Waals surface area contributed by atoms with Crippen LogP contribution in [0, 0.1) is 0 Å². The van der Waals surface area contributed by atoms with E-state index in [0.717, 1.165) is 22.4 Å². The smallest absolute Gasteiger partial charge is 0.330 e. The van der Waals surface area contributed by atoms with E-state index < -0.39 is 53.9 Å². The lowest BCUT2D eigenvalue weighted by molar-refractivity contribution is -0.149. The van der Waals surface area contributed by atoms with E-state index in [1.54, 1.807) is 44.2 Å². The molecular weight excluding hydrogens is 585 g/mol. The van der Waals surface area contributed by atoms with Crippen molar-refractivity contribution in [1.29, 1.82) is 0 Å². The first kappa shape index (κ1) is 31.8. The second-order valence-corrected chi connectivity index (χ2v) is 13.4. The van der Waals surface area contributed by atoms with Crippen molar-refractivity contribution in [2.45, 2.75) is 63.4 Å². The Balaban J connectivity index is 1.59. The van der Waals surface area contributed by atoms with Gasteiger partial charge in [-0.1, -0.05) is 48.5 Å². The van der Waals surface area contributed by atoms with Crippen LogP contribution < -0.4 is 20.9 Å². The highest BCUT2D eigenvalue weighted by molar-refractivity contribution is 8.09. The number of nitrogens with zero attached hydrogens (tertiary/aromatic N) is 1. The van der Waals surface area contributed by atoms with E-state index in [1.807, 2.05) is 30.3 Å². The molecule has 0 amide bonds. The van der Waals surface area contributed by atoms with Crippen molar-refractivity contribution >= 4 is 24.4 Å². The van der Waals surface area contributed by atoms with Crippen molar-refractivity contribution in [1.82, 2.24) is 14.6 Å². The maximum Gasteiger partial charge on any atom is 0.330 e. The average Bonchev–Trinajstić information content (AvgIpc) is 3.16. The molecule has 0 aliphatic carbocycles. The third kappa shape index (κ3) is 7.81. The minimum Gasteiger partial charge on any atom is -0.462 e. The van der Waals surface area contributed by atoms with Crippen LogP contribution in [-0.4, -0.2) is 62.3 Å². The largest absolute Gasteiger partial charge is 0.462 e. The van der Waals surface area contributed by atoms with Gasteiger partial charge in [-0.25, -0.2) is 9.88 Å². The van der Waals surface area contributed by atoms with Crippen LogP contribution in [0.15, 0.2) is 82.5 Å². The molecule has 0 radical (unpaired) electrons. The number of rotatable bonds is 12. The number of carbonyl (C=O) groups excluding carboxylic acids is 1. The van der Waals surface area contributed by atoms with Crippen LogP contribution in [0.2, 0.25) is 0 Å².